The molecule has 1 saturated heterocycles. The number of hydrogen-bond donors (Lipinski definition) is 3. The van der Waals surface area contributed by atoms with Gasteiger partial charge in [-0.1, -0.05) is 6.92 Å². The van der Waals surface area contributed by atoms with E-state index in [-0.39, 0.29) is 22.8 Å². The van der Waals surface area contributed by atoms with Crippen LogP contribution in [-0.2, 0) is 4.74 Å². The molecule has 0 radical (unpaired) electrons. The predicted octanol–water partition coefficient (Wildman–Crippen LogP) is 1.64. The molecule has 1 amide bonds. The summed E-state index contributed by atoms with van der Waals surface area (Å²) in [6.07, 6.45) is 1.85. The molecule has 104 valence electrons. The lowest BCUT2D eigenvalue weighted by atomic mass is 9.82. The van der Waals surface area contributed by atoms with Crippen LogP contribution >= 0.6 is 0 Å². The zero-order chi connectivity index (χ0) is 13.9. The first kappa shape index (κ1) is 13.7. The number of phenols is 2. The van der Waals surface area contributed by atoms with Crippen LogP contribution in [0.15, 0.2) is 18.2 Å². The fourth-order valence-corrected chi connectivity index (χ4v) is 2.10. The third-order valence-electron chi connectivity index (χ3n) is 3.61. The van der Waals surface area contributed by atoms with Crippen molar-refractivity contribution in [1.82, 2.24) is 5.32 Å². The number of ether oxygens (including phenoxy) is 1. The van der Waals surface area contributed by atoms with E-state index in [1.165, 1.54) is 18.2 Å². The van der Waals surface area contributed by atoms with Crippen molar-refractivity contribution in [2.45, 2.75) is 19.8 Å². The Morgan fingerprint density at radius 2 is 2.00 bits per heavy atom. The van der Waals surface area contributed by atoms with E-state index < -0.39 is 0 Å². The highest BCUT2D eigenvalue weighted by Gasteiger charge is 2.27. The summed E-state index contributed by atoms with van der Waals surface area (Å²) in [5, 5.41) is 21.4. The number of phenolic OH excluding ortho intramolecular Hbond substituents is 2. The van der Waals surface area contributed by atoms with Crippen LogP contribution in [0.1, 0.15) is 30.1 Å². The number of rotatable bonds is 3. The zero-order valence-corrected chi connectivity index (χ0v) is 11.0. The number of nitrogens with one attached hydrogen (secondary N) is 1. The van der Waals surface area contributed by atoms with Crippen LogP contribution in [-0.4, -0.2) is 35.9 Å². The molecule has 5 heteroatoms. The Morgan fingerprint density at radius 1 is 1.32 bits per heavy atom. The third kappa shape index (κ3) is 3.38. The Balaban J connectivity index is 1.95. The van der Waals surface area contributed by atoms with E-state index in [1.807, 2.05) is 0 Å². The molecule has 1 heterocycles. The van der Waals surface area contributed by atoms with Crippen molar-refractivity contribution in [3.63, 3.8) is 0 Å². The minimum absolute atomic E-state index is 0.0624. The minimum Gasteiger partial charge on any atom is -0.504 e. The van der Waals surface area contributed by atoms with Crippen molar-refractivity contribution in [2.24, 2.45) is 5.41 Å². The molecule has 1 fully saturated rings. The summed E-state index contributed by atoms with van der Waals surface area (Å²) >= 11 is 0. The Bertz CT molecular complexity index is 467. The molecule has 2 rings (SSSR count). The van der Waals surface area contributed by atoms with Crippen LogP contribution in [0.2, 0.25) is 0 Å². The standard InChI is InChI=1S/C14H19NO4/c1-14(4-6-19-7-5-14)9-15-13(18)10-2-3-11(16)12(17)8-10/h2-3,8,16-17H,4-7,9H2,1H3,(H,15,18). The summed E-state index contributed by atoms with van der Waals surface area (Å²) in [6, 6.07) is 4.05. The Kier molecular flexibility index (Phi) is 3.95. The Hall–Kier alpha value is -1.75. The third-order valence-corrected chi connectivity index (χ3v) is 3.61. The van der Waals surface area contributed by atoms with Crippen molar-refractivity contribution in [2.75, 3.05) is 19.8 Å². The van der Waals surface area contributed by atoms with Gasteiger partial charge in [0.05, 0.1) is 0 Å². The first-order chi connectivity index (χ1) is 9.00. The lowest BCUT2D eigenvalue weighted by Crippen LogP contribution is -2.39. The van der Waals surface area contributed by atoms with Gasteiger partial charge in [-0.05, 0) is 36.5 Å². The van der Waals surface area contributed by atoms with Crippen LogP contribution in [0, 0.1) is 5.41 Å². The van der Waals surface area contributed by atoms with Gasteiger partial charge < -0.3 is 20.3 Å². The monoisotopic (exact) mass is 265 g/mol. The predicted molar refractivity (Wildman–Crippen MR) is 70.3 cm³/mol. The fraction of sp³-hybridized carbons (Fsp3) is 0.500. The van der Waals surface area contributed by atoms with Crippen molar-refractivity contribution in [3.05, 3.63) is 23.8 Å². The number of carbonyl (C=O) groups is 1. The van der Waals surface area contributed by atoms with Crippen LogP contribution in [0.5, 0.6) is 11.5 Å². The molecule has 1 aromatic rings. The number of benzene rings is 1. The average Bonchev–Trinajstić information content (AvgIpc) is 2.40. The molecule has 0 spiro atoms. The second kappa shape index (κ2) is 5.48. The van der Waals surface area contributed by atoms with E-state index in [4.69, 9.17) is 4.74 Å². The summed E-state index contributed by atoms with van der Waals surface area (Å²) in [7, 11) is 0. The molecule has 1 aliphatic heterocycles. The smallest absolute Gasteiger partial charge is 0.251 e. The van der Waals surface area contributed by atoms with Crippen LogP contribution in [0.25, 0.3) is 0 Å². The van der Waals surface area contributed by atoms with Gasteiger partial charge in [-0.15, -0.1) is 0 Å². The summed E-state index contributed by atoms with van der Waals surface area (Å²) in [5.41, 5.74) is 0.401. The van der Waals surface area contributed by atoms with Crippen molar-refractivity contribution >= 4 is 5.91 Å². The maximum atomic E-state index is 12.0. The lowest BCUT2D eigenvalue weighted by Gasteiger charge is -2.33. The number of amides is 1. The van der Waals surface area contributed by atoms with E-state index in [1.54, 1.807) is 0 Å². The normalized spacial score (nSPS) is 17.9. The van der Waals surface area contributed by atoms with Crippen molar-refractivity contribution in [3.8, 4) is 11.5 Å². The van der Waals surface area contributed by atoms with Gasteiger partial charge in [0, 0.05) is 25.3 Å². The molecule has 1 aromatic carbocycles. The summed E-state index contributed by atoms with van der Waals surface area (Å²) in [6.45, 7) is 4.17. The van der Waals surface area contributed by atoms with Gasteiger partial charge in [0.15, 0.2) is 11.5 Å². The minimum atomic E-state index is -0.287. The van der Waals surface area contributed by atoms with E-state index >= 15 is 0 Å². The van der Waals surface area contributed by atoms with E-state index in [9.17, 15) is 15.0 Å². The van der Waals surface area contributed by atoms with Gasteiger partial charge in [0.2, 0.25) is 0 Å². The molecule has 1 aliphatic rings. The first-order valence-electron chi connectivity index (χ1n) is 6.38. The highest BCUT2D eigenvalue weighted by Crippen LogP contribution is 2.29. The highest BCUT2D eigenvalue weighted by molar-refractivity contribution is 5.94. The van der Waals surface area contributed by atoms with Gasteiger partial charge in [0.25, 0.3) is 5.91 Å². The Labute approximate surface area is 112 Å². The SMILES string of the molecule is CC1(CNC(=O)c2ccc(O)c(O)c2)CCOCC1. The topological polar surface area (TPSA) is 78.8 Å². The maximum Gasteiger partial charge on any atom is 0.251 e. The second-order valence-electron chi connectivity index (χ2n) is 5.31. The molecular weight excluding hydrogens is 246 g/mol. The molecule has 0 unspecified atom stereocenters. The van der Waals surface area contributed by atoms with Gasteiger partial charge in [-0.25, -0.2) is 0 Å². The molecule has 0 saturated carbocycles. The average molecular weight is 265 g/mol. The first-order valence-corrected chi connectivity index (χ1v) is 6.38. The van der Waals surface area contributed by atoms with E-state index in [0.717, 1.165) is 26.1 Å². The van der Waals surface area contributed by atoms with E-state index in [2.05, 4.69) is 12.2 Å². The molecule has 0 aliphatic carbocycles. The largest absolute Gasteiger partial charge is 0.504 e. The van der Waals surface area contributed by atoms with Crippen LogP contribution in [0.3, 0.4) is 0 Å². The number of hydrogen-bond acceptors (Lipinski definition) is 4. The quantitative estimate of drug-likeness (QED) is 0.726. The highest BCUT2D eigenvalue weighted by atomic mass is 16.5. The summed E-state index contributed by atoms with van der Waals surface area (Å²) in [4.78, 5) is 12.0. The van der Waals surface area contributed by atoms with Crippen molar-refractivity contribution in [1.29, 1.82) is 0 Å². The molecule has 0 atom stereocenters. The van der Waals surface area contributed by atoms with Gasteiger partial charge in [-0.3, -0.25) is 4.79 Å². The molecule has 0 bridgehead atoms. The van der Waals surface area contributed by atoms with E-state index in [0.29, 0.717) is 12.1 Å². The van der Waals surface area contributed by atoms with Crippen LogP contribution < -0.4 is 5.32 Å². The van der Waals surface area contributed by atoms with Gasteiger partial charge in [-0.2, -0.15) is 0 Å². The summed E-state index contributed by atoms with van der Waals surface area (Å²) < 4.78 is 5.31. The second-order valence-corrected chi connectivity index (χ2v) is 5.31. The van der Waals surface area contributed by atoms with Crippen LogP contribution in [0.4, 0.5) is 0 Å². The Morgan fingerprint density at radius 3 is 2.63 bits per heavy atom. The zero-order valence-electron chi connectivity index (χ0n) is 11.0. The van der Waals surface area contributed by atoms with Crippen molar-refractivity contribution < 1.29 is 19.7 Å². The molecule has 19 heavy (non-hydrogen) atoms. The molecule has 3 N–H and O–H groups in total. The maximum absolute atomic E-state index is 12.0. The van der Waals surface area contributed by atoms with Gasteiger partial charge in [0.1, 0.15) is 0 Å². The molecule has 0 aromatic heterocycles. The van der Waals surface area contributed by atoms with Gasteiger partial charge >= 0.3 is 0 Å². The lowest BCUT2D eigenvalue weighted by molar-refractivity contribution is 0.0238. The molecular formula is C14H19NO4. The fourth-order valence-electron chi connectivity index (χ4n) is 2.10. The molecule has 5 nitrogen and oxygen atoms in total. The summed E-state index contributed by atoms with van der Waals surface area (Å²) in [5.74, 6) is -0.763. The number of carbonyl (C=O) groups excluding carboxylic acids is 1. The number of aromatic hydroxyl groups is 2.